The van der Waals surface area contributed by atoms with Gasteiger partial charge in [-0.05, 0) is 38.0 Å². The molecule has 4 atom stereocenters. The Morgan fingerprint density at radius 3 is 2.69 bits per heavy atom. The number of anilines is 1. The van der Waals surface area contributed by atoms with Crippen molar-refractivity contribution in [3.8, 4) is 0 Å². The highest BCUT2D eigenvalue weighted by Crippen LogP contribution is 2.33. The molecule has 2 aromatic rings. The topological polar surface area (TPSA) is 101 Å². The van der Waals surface area contributed by atoms with Crippen LogP contribution < -0.4 is 4.90 Å². The number of ether oxygens (including phenoxy) is 2. The fourth-order valence-electron chi connectivity index (χ4n) is 5.34. The minimum atomic E-state index is -0.639. The van der Waals surface area contributed by atoms with Gasteiger partial charge < -0.3 is 28.9 Å². The van der Waals surface area contributed by atoms with E-state index in [1.165, 1.54) is 0 Å². The predicted octanol–water partition coefficient (Wildman–Crippen LogP) is 2.99. The highest BCUT2D eigenvalue weighted by Gasteiger charge is 2.38. The van der Waals surface area contributed by atoms with Gasteiger partial charge in [-0.1, -0.05) is 35.5 Å². The fourth-order valence-corrected chi connectivity index (χ4v) is 5.34. The number of amides is 1. The zero-order valence-corrected chi connectivity index (χ0v) is 20.8. The van der Waals surface area contributed by atoms with Crippen LogP contribution in [0.4, 0.5) is 5.69 Å². The second-order valence-corrected chi connectivity index (χ2v) is 9.56. The third kappa shape index (κ3) is 5.09. The number of allylic oxidation sites excluding steroid dienone is 2. The van der Waals surface area contributed by atoms with Crippen LogP contribution in [-0.2, 0) is 14.3 Å². The van der Waals surface area contributed by atoms with Crippen LogP contribution in [0, 0.1) is 5.92 Å². The van der Waals surface area contributed by atoms with E-state index in [4.69, 9.17) is 14.0 Å². The van der Waals surface area contributed by atoms with Crippen molar-refractivity contribution >= 4 is 17.2 Å². The van der Waals surface area contributed by atoms with Crippen molar-refractivity contribution < 1.29 is 23.9 Å². The van der Waals surface area contributed by atoms with Gasteiger partial charge in [-0.25, -0.2) is 0 Å². The number of hydrogen-bond donors (Lipinski definition) is 1. The van der Waals surface area contributed by atoms with Crippen LogP contribution in [-0.4, -0.2) is 77.8 Å². The second kappa shape index (κ2) is 10.9. The maximum atomic E-state index is 13.2. The number of likely N-dealkylation sites (tertiary alicyclic amines) is 1. The lowest BCUT2D eigenvalue weighted by Gasteiger charge is -2.32. The van der Waals surface area contributed by atoms with Crippen LogP contribution >= 0.6 is 0 Å². The van der Waals surface area contributed by atoms with E-state index < -0.39 is 6.23 Å². The molecular formula is C27H34N4O5. The van der Waals surface area contributed by atoms with Crippen molar-refractivity contribution in [2.45, 2.75) is 50.5 Å². The van der Waals surface area contributed by atoms with Gasteiger partial charge in [0, 0.05) is 57.0 Å². The molecule has 0 bridgehead atoms. The third-order valence-corrected chi connectivity index (χ3v) is 7.33. The second-order valence-electron chi connectivity index (χ2n) is 9.56. The van der Waals surface area contributed by atoms with Crippen molar-refractivity contribution in [3.05, 3.63) is 60.3 Å². The normalized spacial score (nSPS) is 26.9. The number of aromatic nitrogens is 2. The van der Waals surface area contributed by atoms with E-state index in [9.17, 15) is 9.90 Å². The molecule has 2 fully saturated rings. The molecule has 0 saturated carbocycles. The molecule has 3 unspecified atom stereocenters. The Balaban J connectivity index is 1.17. The quantitative estimate of drug-likeness (QED) is 0.627. The lowest BCUT2D eigenvalue weighted by molar-refractivity contribution is -0.136. The summed E-state index contributed by atoms with van der Waals surface area (Å²) in [5, 5.41) is 14.7. The minimum Gasteiger partial charge on any atom is -0.374 e. The van der Waals surface area contributed by atoms with Gasteiger partial charge in [0.25, 0.3) is 0 Å². The van der Waals surface area contributed by atoms with Crippen LogP contribution in [0.15, 0.2) is 53.1 Å². The molecule has 1 N–H and O–H groups in total. The molecule has 0 radical (unpaired) electrons. The van der Waals surface area contributed by atoms with Crippen molar-refractivity contribution in [1.82, 2.24) is 15.0 Å². The summed E-state index contributed by atoms with van der Waals surface area (Å²) in [4.78, 5) is 21.7. The molecule has 36 heavy (non-hydrogen) atoms. The summed E-state index contributed by atoms with van der Waals surface area (Å²) in [7, 11) is 1.66. The maximum Gasteiger partial charge on any atom is 0.230 e. The zero-order valence-electron chi connectivity index (χ0n) is 20.8. The molecule has 2 aliphatic heterocycles. The van der Waals surface area contributed by atoms with Gasteiger partial charge >= 0.3 is 0 Å². The smallest absolute Gasteiger partial charge is 0.230 e. The summed E-state index contributed by atoms with van der Waals surface area (Å²) in [6.45, 7) is 4.39. The molecule has 1 aliphatic carbocycles. The number of hydrogen-bond acceptors (Lipinski definition) is 8. The maximum absolute atomic E-state index is 13.2. The number of aliphatic hydroxyl groups excluding tert-OH is 1. The van der Waals surface area contributed by atoms with Crippen molar-refractivity contribution in [2.24, 2.45) is 5.92 Å². The van der Waals surface area contributed by atoms with Crippen molar-refractivity contribution in [2.75, 3.05) is 38.3 Å². The first-order valence-electron chi connectivity index (χ1n) is 12.7. The Kier molecular flexibility index (Phi) is 7.50. The minimum absolute atomic E-state index is 0.115. The number of methoxy groups -OCH3 is 1. The lowest BCUT2D eigenvalue weighted by atomic mass is 9.95. The lowest BCUT2D eigenvalue weighted by Crippen LogP contribution is -2.42. The van der Waals surface area contributed by atoms with E-state index >= 15 is 0 Å². The number of carbonyl (C=O) groups is 1. The Bertz CT molecular complexity index is 1090. The van der Waals surface area contributed by atoms with Crippen LogP contribution in [0.3, 0.4) is 0 Å². The van der Waals surface area contributed by atoms with E-state index in [2.05, 4.69) is 10.1 Å². The molecule has 9 heteroatoms. The fraction of sp³-hybridized carbons (Fsp3) is 0.519. The Morgan fingerprint density at radius 2 is 1.97 bits per heavy atom. The predicted molar refractivity (Wildman–Crippen MR) is 134 cm³/mol. The van der Waals surface area contributed by atoms with Crippen LogP contribution in [0.2, 0.25) is 0 Å². The number of aliphatic hydroxyl groups is 1. The number of para-hydroxylation sites is 1. The highest BCUT2D eigenvalue weighted by atomic mass is 16.5. The standard InChI is InChI=1S/C27H34N4O5/c1-3-35-22-10-9-19(15-23(22)34-2)25-28-26(36-29-25)18-11-13-30(14-12-18)27(33)20-16-24(32)31(17-20)21-7-5-4-6-8-21/h4-10,15,18,20,22-24,32H,3,11-14,16-17H2,1-2H3/t20-,22?,23?,24?/m0/s1. The first kappa shape index (κ1) is 24.7. The molecule has 5 rings (SSSR count). The molecule has 1 aromatic carbocycles. The van der Waals surface area contributed by atoms with Crippen molar-refractivity contribution in [1.29, 1.82) is 0 Å². The molecule has 192 valence electrons. The first-order chi connectivity index (χ1) is 17.6. The van der Waals surface area contributed by atoms with Gasteiger partial charge in [0.2, 0.25) is 17.6 Å². The van der Waals surface area contributed by atoms with Gasteiger partial charge in [0.15, 0.2) is 0 Å². The summed E-state index contributed by atoms with van der Waals surface area (Å²) >= 11 is 0. The molecule has 1 amide bonds. The average Bonchev–Trinajstić information content (AvgIpc) is 3.57. The average molecular weight is 495 g/mol. The largest absolute Gasteiger partial charge is 0.374 e. The van der Waals surface area contributed by atoms with E-state index in [0.717, 1.165) is 24.1 Å². The highest BCUT2D eigenvalue weighted by molar-refractivity contribution is 5.80. The summed E-state index contributed by atoms with van der Waals surface area (Å²) in [6, 6.07) is 9.76. The summed E-state index contributed by atoms with van der Waals surface area (Å²) in [6.07, 6.45) is 6.90. The SMILES string of the molecule is CCOC1C=CC(c2noc(C3CCN(C(=O)[C@H]4CC(O)N(c5ccccc5)C4)CC3)n2)=CC1OC. The van der Waals surface area contributed by atoms with Crippen molar-refractivity contribution in [3.63, 3.8) is 0 Å². The number of rotatable bonds is 7. The Labute approximate surface area is 211 Å². The van der Waals surface area contributed by atoms with Crippen LogP contribution in [0.5, 0.6) is 0 Å². The number of piperidine rings is 1. The molecule has 0 spiro atoms. The summed E-state index contributed by atoms with van der Waals surface area (Å²) in [5.74, 6) is 1.18. The first-order valence-corrected chi connectivity index (χ1v) is 12.7. The molecule has 9 nitrogen and oxygen atoms in total. The van der Waals surface area contributed by atoms with Gasteiger partial charge in [-0.2, -0.15) is 4.98 Å². The van der Waals surface area contributed by atoms with E-state index in [1.54, 1.807) is 7.11 Å². The van der Waals surface area contributed by atoms with Gasteiger partial charge in [-0.3, -0.25) is 4.79 Å². The van der Waals surface area contributed by atoms with E-state index in [1.807, 2.05) is 65.3 Å². The van der Waals surface area contributed by atoms with Gasteiger partial charge in [0.1, 0.15) is 18.4 Å². The third-order valence-electron chi connectivity index (χ3n) is 7.33. The Morgan fingerprint density at radius 1 is 1.19 bits per heavy atom. The van der Waals surface area contributed by atoms with E-state index in [-0.39, 0.29) is 30.0 Å². The number of benzene rings is 1. The molecule has 2 saturated heterocycles. The molecule has 3 aliphatic rings. The van der Waals surface area contributed by atoms with E-state index in [0.29, 0.717) is 44.4 Å². The monoisotopic (exact) mass is 494 g/mol. The number of carbonyl (C=O) groups excluding carboxylic acids is 1. The summed E-state index contributed by atoms with van der Waals surface area (Å²) in [5.41, 5.74) is 1.79. The zero-order chi connectivity index (χ0) is 25.1. The van der Waals surface area contributed by atoms with Gasteiger partial charge in [-0.15, -0.1) is 0 Å². The van der Waals surface area contributed by atoms with Gasteiger partial charge in [0.05, 0.1) is 5.92 Å². The summed E-state index contributed by atoms with van der Waals surface area (Å²) < 4.78 is 16.9. The van der Waals surface area contributed by atoms with Crippen LogP contribution in [0.1, 0.15) is 43.8 Å². The Hall–Kier alpha value is -3.01. The molecular weight excluding hydrogens is 460 g/mol. The molecule has 3 heterocycles. The number of nitrogens with zero attached hydrogens (tertiary/aromatic N) is 4. The van der Waals surface area contributed by atoms with Crippen LogP contribution in [0.25, 0.3) is 5.57 Å². The molecule has 1 aromatic heterocycles.